The van der Waals surface area contributed by atoms with Crippen molar-refractivity contribution in [3.63, 3.8) is 0 Å². The molecule has 0 radical (unpaired) electrons. The van der Waals surface area contributed by atoms with E-state index in [0.29, 0.717) is 12.8 Å². The van der Waals surface area contributed by atoms with E-state index in [-0.39, 0.29) is 36.4 Å². The number of hydrogen-bond acceptors (Lipinski definition) is 6. The molecule has 0 unspecified atom stereocenters. The Morgan fingerprint density at radius 3 is 2.67 bits per heavy atom. The molecule has 0 aliphatic heterocycles. The molecule has 0 amide bonds. The second-order valence-corrected chi connectivity index (χ2v) is 9.13. The average Bonchev–Trinajstić information content (AvgIpc) is 2.82. The Hall–Kier alpha value is -1.63. The highest BCUT2D eigenvalue weighted by molar-refractivity contribution is 6.13. The van der Waals surface area contributed by atoms with E-state index in [1.165, 1.54) is 6.08 Å². The van der Waals surface area contributed by atoms with Crippen LogP contribution in [0.5, 0.6) is 0 Å². The summed E-state index contributed by atoms with van der Waals surface area (Å²) in [6.07, 6.45) is 5.80. The van der Waals surface area contributed by atoms with E-state index >= 15 is 0 Å². The highest BCUT2D eigenvalue weighted by Crippen LogP contribution is 2.66. The van der Waals surface area contributed by atoms with Gasteiger partial charge in [-0.05, 0) is 43.3 Å². The molecule has 0 spiro atoms. The molecule has 3 fully saturated rings. The summed E-state index contributed by atoms with van der Waals surface area (Å²) in [6, 6.07) is 0. The van der Waals surface area contributed by atoms with Crippen LogP contribution < -0.4 is 0 Å². The van der Waals surface area contributed by atoms with Gasteiger partial charge in [0.25, 0.3) is 0 Å². The van der Waals surface area contributed by atoms with Gasteiger partial charge in [-0.25, -0.2) is 0 Å². The molecule has 6 heteroatoms. The standard InChI is InChI=1S/C21H26O6/c1-19-6-5-12(23)7-11(19)3-4-13-14-8-16(25)21(27,17(26)10-22)20(14,2)9-15(24)18(13)19/h5-7,13-15,18,22,24,27H,3-4,8-10H2,1-2H3/t13-,14-,15-,18+,19-,20-,21-/m0/s1. The molecule has 7 atom stereocenters. The maximum absolute atomic E-state index is 12.7. The van der Waals surface area contributed by atoms with Crippen molar-refractivity contribution in [3.8, 4) is 0 Å². The molecule has 0 aromatic carbocycles. The number of aliphatic hydroxyl groups excluding tert-OH is 2. The molecule has 4 rings (SSSR count). The predicted octanol–water partition coefficient (Wildman–Crippen LogP) is 0.737. The summed E-state index contributed by atoms with van der Waals surface area (Å²) < 4.78 is 0. The Morgan fingerprint density at radius 2 is 2.00 bits per heavy atom. The Labute approximate surface area is 158 Å². The normalized spacial score (nSPS) is 48.6. The Kier molecular flexibility index (Phi) is 3.94. The fraction of sp³-hybridized carbons (Fsp3) is 0.667. The third kappa shape index (κ3) is 2.15. The van der Waals surface area contributed by atoms with Crippen LogP contribution in [0.15, 0.2) is 23.8 Å². The number of carbonyl (C=O) groups is 3. The Bertz CT molecular complexity index is 796. The topological polar surface area (TPSA) is 112 Å². The van der Waals surface area contributed by atoms with Crippen molar-refractivity contribution >= 4 is 17.3 Å². The lowest BCUT2D eigenvalue weighted by Crippen LogP contribution is -2.63. The molecule has 0 saturated heterocycles. The number of Topliss-reactive ketones (excluding diaryl/α,β-unsaturated/α-hetero) is 2. The monoisotopic (exact) mass is 374 g/mol. The zero-order valence-corrected chi connectivity index (χ0v) is 15.6. The number of carbonyl (C=O) groups excluding carboxylic acids is 3. The van der Waals surface area contributed by atoms with E-state index in [0.717, 1.165) is 5.57 Å². The van der Waals surface area contributed by atoms with Crippen molar-refractivity contribution in [2.75, 3.05) is 6.61 Å². The van der Waals surface area contributed by atoms with Gasteiger partial charge in [-0.15, -0.1) is 0 Å². The minimum atomic E-state index is -2.24. The third-order valence-electron chi connectivity index (χ3n) is 8.07. The summed E-state index contributed by atoms with van der Waals surface area (Å²) in [5.74, 6) is -1.96. The molecule has 4 aliphatic rings. The van der Waals surface area contributed by atoms with Crippen LogP contribution in [0.25, 0.3) is 0 Å². The zero-order chi connectivity index (χ0) is 19.8. The Morgan fingerprint density at radius 1 is 1.30 bits per heavy atom. The van der Waals surface area contributed by atoms with Gasteiger partial charge in [0.05, 0.1) is 6.10 Å². The van der Waals surface area contributed by atoms with E-state index < -0.39 is 40.7 Å². The van der Waals surface area contributed by atoms with Crippen molar-refractivity contribution in [3.05, 3.63) is 23.8 Å². The summed E-state index contributed by atoms with van der Waals surface area (Å²) in [7, 11) is 0. The summed E-state index contributed by atoms with van der Waals surface area (Å²) in [4.78, 5) is 36.9. The molecule has 6 nitrogen and oxygen atoms in total. The average molecular weight is 374 g/mol. The molecule has 0 heterocycles. The Balaban J connectivity index is 1.79. The molecular weight excluding hydrogens is 348 g/mol. The SMILES string of the molecule is C[C@]12C=CC(=O)C=C1CC[C@@H]1[C@@H]2[C@@H](O)C[C@@]2(C)[C@H]1CC(=O)[C@]2(O)C(=O)CO. The van der Waals surface area contributed by atoms with Crippen molar-refractivity contribution in [2.24, 2.45) is 28.6 Å². The summed E-state index contributed by atoms with van der Waals surface area (Å²) in [5.41, 5.74) is -2.81. The maximum atomic E-state index is 12.7. The first-order chi connectivity index (χ1) is 12.6. The van der Waals surface area contributed by atoms with Gasteiger partial charge in [-0.2, -0.15) is 0 Å². The largest absolute Gasteiger partial charge is 0.393 e. The highest BCUT2D eigenvalue weighted by Gasteiger charge is 2.71. The van der Waals surface area contributed by atoms with Crippen LogP contribution in [-0.2, 0) is 14.4 Å². The van der Waals surface area contributed by atoms with Crippen LogP contribution in [0, 0.1) is 28.6 Å². The van der Waals surface area contributed by atoms with Gasteiger partial charge in [0, 0.05) is 23.2 Å². The van der Waals surface area contributed by atoms with E-state index in [1.807, 2.05) is 13.0 Å². The molecule has 146 valence electrons. The second kappa shape index (κ2) is 5.69. The van der Waals surface area contributed by atoms with Crippen LogP contribution in [-0.4, -0.2) is 51.0 Å². The first-order valence-corrected chi connectivity index (χ1v) is 9.61. The minimum Gasteiger partial charge on any atom is -0.393 e. The molecule has 4 aliphatic carbocycles. The lowest BCUT2D eigenvalue weighted by Gasteiger charge is -2.59. The molecule has 0 bridgehead atoms. The van der Waals surface area contributed by atoms with Crippen molar-refractivity contribution < 1.29 is 29.7 Å². The number of rotatable bonds is 2. The van der Waals surface area contributed by atoms with Crippen LogP contribution >= 0.6 is 0 Å². The van der Waals surface area contributed by atoms with E-state index in [2.05, 4.69) is 0 Å². The molecule has 0 aromatic heterocycles. The van der Waals surface area contributed by atoms with Crippen LogP contribution in [0.2, 0.25) is 0 Å². The molecule has 3 N–H and O–H groups in total. The third-order valence-corrected chi connectivity index (χ3v) is 8.07. The summed E-state index contributed by atoms with van der Waals surface area (Å²) >= 11 is 0. The minimum absolute atomic E-state index is 0.0463. The van der Waals surface area contributed by atoms with Crippen molar-refractivity contribution in [1.29, 1.82) is 0 Å². The van der Waals surface area contributed by atoms with Gasteiger partial charge in [0.1, 0.15) is 6.61 Å². The van der Waals surface area contributed by atoms with Crippen LogP contribution in [0.3, 0.4) is 0 Å². The zero-order valence-electron chi connectivity index (χ0n) is 15.6. The number of fused-ring (bicyclic) bond motifs is 5. The van der Waals surface area contributed by atoms with Gasteiger partial charge in [0.15, 0.2) is 23.0 Å². The lowest BCUT2D eigenvalue weighted by atomic mass is 9.46. The smallest absolute Gasteiger partial charge is 0.197 e. The summed E-state index contributed by atoms with van der Waals surface area (Å²) in [6.45, 7) is 2.82. The van der Waals surface area contributed by atoms with Gasteiger partial charge in [0.2, 0.25) is 0 Å². The molecule has 0 aromatic rings. The second-order valence-electron chi connectivity index (χ2n) is 9.13. The van der Waals surface area contributed by atoms with Gasteiger partial charge >= 0.3 is 0 Å². The van der Waals surface area contributed by atoms with Crippen molar-refractivity contribution in [2.45, 2.75) is 51.2 Å². The van der Waals surface area contributed by atoms with Gasteiger partial charge in [-0.1, -0.05) is 25.5 Å². The van der Waals surface area contributed by atoms with Crippen LogP contribution in [0.4, 0.5) is 0 Å². The maximum Gasteiger partial charge on any atom is 0.197 e. The number of ketones is 3. The molecule has 3 saturated carbocycles. The first kappa shape index (κ1) is 18.7. The number of aliphatic hydroxyl groups is 3. The van der Waals surface area contributed by atoms with E-state index in [9.17, 15) is 29.7 Å². The quantitative estimate of drug-likeness (QED) is 0.615. The predicted molar refractivity (Wildman–Crippen MR) is 95.4 cm³/mol. The number of hydrogen-bond donors (Lipinski definition) is 3. The van der Waals surface area contributed by atoms with Crippen molar-refractivity contribution in [1.82, 2.24) is 0 Å². The fourth-order valence-corrected chi connectivity index (χ4v) is 6.72. The molecule has 27 heavy (non-hydrogen) atoms. The van der Waals surface area contributed by atoms with E-state index in [4.69, 9.17) is 0 Å². The van der Waals surface area contributed by atoms with E-state index in [1.54, 1.807) is 13.0 Å². The number of allylic oxidation sites excluding steroid dienone is 4. The van der Waals surface area contributed by atoms with Crippen LogP contribution in [0.1, 0.15) is 39.5 Å². The first-order valence-electron chi connectivity index (χ1n) is 9.61. The lowest BCUT2D eigenvalue weighted by molar-refractivity contribution is -0.180. The van der Waals surface area contributed by atoms with Gasteiger partial charge < -0.3 is 15.3 Å². The van der Waals surface area contributed by atoms with Gasteiger partial charge in [-0.3, -0.25) is 14.4 Å². The summed E-state index contributed by atoms with van der Waals surface area (Å²) in [5, 5.41) is 31.5. The highest BCUT2D eigenvalue weighted by atomic mass is 16.3. The fourth-order valence-electron chi connectivity index (χ4n) is 6.72. The molecular formula is C21H26O6.